The number of nitrogens with one attached hydrogen (secondary N) is 1. The highest BCUT2D eigenvalue weighted by molar-refractivity contribution is 5.28. The first-order valence-corrected chi connectivity index (χ1v) is 4.81. The molecule has 2 rings (SSSR count). The fraction of sp³-hybridized carbons (Fsp3) is 0.455. The number of ether oxygens (including phenoxy) is 2. The molecule has 1 aromatic carbocycles. The Labute approximate surface area is 84.0 Å². The smallest absolute Gasteiger partial charge is 0.134 e. The molecule has 3 nitrogen and oxygen atoms in total. The largest absolute Gasteiger partial charge is 0.497 e. The minimum absolute atomic E-state index is 0.0379. The summed E-state index contributed by atoms with van der Waals surface area (Å²) in [5.41, 5.74) is 1.15. The number of hydrogen-bond acceptors (Lipinski definition) is 3. The second-order valence-electron chi connectivity index (χ2n) is 3.55. The third kappa shape index (κ3) is 1.89. The van der Waals surface area contributed by atoms with Gasteiger partial charge in [0.2, 0.25) is 0 Å². The second-order valence-corrected chi connectivity index (χ2v) is 3.55. The predicted molar refractivity (Wildman–Crippen MR) is 54.3 cm³/mol. The zero-order valence-electron chi connectivity index (χ0n) is 8.49. The Morgan fingerprint density at radius 3 is 2.57 bits per heavy atom. The molecule has 0 amide bonds. The van der Waals surface area contributed by atoms with Gasteiger partial charge in [-0.1, -0.05) is 12.1 Å². The Morgan fingerprint density at radius 1 is 1.36 bits per heavy atom. The molecule has 76 valence electrons. The molecule has 2 atom stereocenters. The molecule has 0 radical (unpaired) electrons. The van der Waals surface area contributed by atoms with E-state index in [9.17, 15) is 0 Å². The zero-order valence-corrected chi connectivity index (χ0v) is 8.49. The summed E-state index contributed by atoms with van der Waals surface area (Å²) in [6.45, 7) is 2.89. The Kier molecular flexibility index (Phi) is 2.70. The first kappa shape index (κ1) is 9.49. The lowest BCUT2D eigenvalue weighted by Gasteiger charge is -2.11. The zero-order chi connectivity index (χ0) is 9.97. The van der Waals surface area contributed by atoms with E-state index in [0.29, 0.717) is 6.04 Å². The lowest BCUT2D eigenvalue weighted by Crippen LogP contribution is -2.22. The summed E-state index contributed by atoms with van der Waals surface area (Å²) in [6, 6.07) is 8.37. The van der Waals surface area contributed by atoms with Crippen molar-refractivity contribution in [2.24, 2.45) is 0 Å². The van der Waals surface area contributed by atoms with Gasteiger partial charge in [-0.3, -0.25) is 5.32 Å². The topological polar surface area (TPSA) is 30.5 Å². The van der Waals surface area contributed by atoms with Crippen LogP contribution in [-0.2, 0) is 4.74 Å². The maximum atomic E-state index is 5.57. The molecule has 1 unspecified atom stereocenters. The third-order valence-electron chi connectivity index (χ3n) is 2.37. The van der Waals surface area contributed by atoms with Gasteiger partial charge in [0.25, 0.3) is 0 Å². The quantitative estimate of drug-likeness (QED) is 0.775. The molecule has 1 aliphatic rings. The Balaban J connectivity index is 2.09. The Hall–Kier alpha value is -1.06. The minimum atomic E-state index is 0.0379. The van der Waals surface area contributed by atoms with Gasteiger partial charge in [-0.15, -0.1) is 0 Å². The molecule has 1 heterocycles. The molecule has 1 aliphatic heterocycles. The van der Waals surface area contributed by atoms with Crippen molar-refractivity contribution in [3.63, 3.8) is 0 Å². The third-order valence-corrected chi connectivity index (χ3v) is 2.37. The van der Waals surface area contributed by atoms with Crippen LogP contribution in [0.2, 0.25) is 0 Å². The van der Waals surface area contributed by atoms with E-state index in [1.165, 1.54) is 0 Å². The minimum Gasteiger partial charge on any atom is -0.497 e. The monoisotopic (exact) mass is 193 g/mol. The van der Waals surface area contributed by atoms with Crippen molar-refractivity contribution in [1.82, 2.24) is 5.32 Å². The van der Waals surface area contributed by atoms with Crippen LogP contribution in [0.4, 0.5) is 0 Å². The van der Waals surface area contributed by atoms with E-state index in [1.54, 1.807) is 7.11 Å². The standard InChI is InChI=1S/C11H15NO2/c1-8-7-14-11(12-8)9-3-5-10(13-2)6-4-9/h3-6,8,11-12H,7H2,1-2H3/t8-,11?/m0/s1. The molecule has 0 saturated carbocycles. The van der Waals surface area contributed by atoms with E-state index in [0.717, 1.165) is 17.9 Å². The molecule has 1 N–H and O–H groups in total. The lowest BCUT2D eigenvalue weighted by atomic mass is 10.2. The Bertz CT molecular complexity index is 297. The van der Waals surface area contributed by atoms with Crippen LogP contribution in [0.5, 0.6) is 5.75 Å². The van der Waals surface area contributed by atoms with Gasteiger partial charge >= 0.3 is 0 Å². The summed E-state index contributed by atoms with van der Waals surface area (Å²) in [6.07, 6.45) is 0.0379. The molecular weight excluding hydrogens is 178 g/mol. The Morgan fingerprint density at radius 2 is 2.07 bits per heavy atom. The number of rotatable bonds is 2. The average molecular weight is 193 g/mol. The molecule has 0 aliphatic carbocycles. The van der Waals surface area contributed by atoms with Crippen LogP contribution in [0.1, 0.15) is 18.7 Å². The highest BCUT2D eigenvalue weighted by Crippen LogP contribution is 2.22. The van der Waals surface area contributed by atoms with E-state index in [2.05, 4.69) is 12.2 Å². The van der Waals surface area contributed by atoms with Crippen LogP contribution in [0, 0.1) is 0 Å². The summed E-state index contributed by atoms with van der Waals surface area (Å²) in [4.78, 5) is 0. The predicted octanol–water partition coefficient (Wildman–Crippen LogP) is 1.70. The van der Waals surface area contributed by atoms with Gasteiger partial charge in [0, 0.05) is 6.04 Å². The molecule has 1 aromatic rings. The number of benzene rings is 1. The van der Waals surface area contributed by atoms with Crippen molar-refractivity contribution in [2.75, 3.05) is 13.7 Å². The molecule has 0 spiro atoms. The first-order valence-electron chi connectivity index (χ1n) is 4.81. The SMILES string of the molecule is COc1ccc(C2N[C@@H](C)CO2)cc1. The highest BCUT2D eigenvalue weighted by Gasteiger charge is 2.21. The van der Waals surface area contributed by atoms with E-state index < -0.39 is 0 Å². The van der Waals surface area contributed by atoms with Crippen molar-refractivity contribution in [3.8, 4) is 5.75 Å². The molecule has 3 heteroatoms. The van der Waals surface area contributed by atoms with Crippen molar-refractivity contribution in [3.05, 3.63) is 29.8 Å². The van der Waals surface area contributed by atoms with E-state index in [1.807, 2.05) is 24.3 Å². The van der Waals surface area contributed by atoms with Crippen molar-refractivity contribution in [2.45, 2.75) is 19.2 Å². The second kappa shape index (κ2) is 3.98. The fourth-order valence-electron chi connectivity index (χ4n) is 1.57. The van der Waals surface area contributed by atoms with E-state index in [4.69, 9.17) is 9.47 Å². The van der Waals surface area contributed by atoms with Crippen molar-refractivity contribution >= 4 is 0 Å². The normalized spacial score (nSPS) is 26.4. The first-order chi connectivity index (χ1) is 6.79. The van der Waals surface area contributed by atoms with Gasteiger partial charge in [0.05, 0.1) is 13.7 Å². The molecule has 0 aromatic heterocycles. The summed E-state index contributed by atoms with van der Waals surface area (Å²) in [7, 11) is 1.67. The molecule has 0 bridgehead atoms. The van der Waals surface area contributed by atoms with Gasteiger partial charge < -0.3 is 9.47 Å². The average Bonchev–Trinajstić information content (AvgIpc) is 2.65. The highest BCUT2D eigenvalue weighted by atomic mass is 16.5. The van der Waals surface area contributed by atoms with Gasteiger partial charge in [0.1, 0.15) is 12.0 Å². The summed E-state index contributed by atoms with van der Waals surface area (Å²) in [5.74, 6) is 0.875. The maximum Gasteiger partial charge on any atom is 0.134 e. The summed E-state index contributed by atoms with van der Waals surface area (Å²) >= 11 is 0. The van der Waals surface area contributed by atoms with Crippen LogP contribution in [0.3, 0.4) is 0 Å². The number of hydrogen-bond donors (Lipinski definition) is 1. The number of methoxy groups -OCH3 is 1. The van der Waals surface area contributed by atoms with Crippen LogP contribution in [0.15, 0.2) is 24.3 Å². The molecule has 1 saturated heterocycles. The van der Waals surface area contributed by atoms with Crippen LogP contribution < -0.4 is 10.1 Å². The van der Waals surface area contributed by atoms with Crippen molar-refractivity contribution in [1.29, 1.82) is 0 Å². The maximum absolute atomic E-state index is 5.57. The van der Waals surface area contributed by atoms with Gasteiger partial charge in [-0.2, -0.15) is 0 Å². The van der Waals surface area contributed by atoms with Gasteiger partial charge in [-0.05, 0) is 24.6 Å². The van der Waals surface area contributed by atoms with Gasteiger partial charge in [0.15, 0.2) is 0 Å². The molecule has 1 fully saturated rings. The fourth-order valence-corrected chi connectivity index (χ4v) is 1.57. The molecule has 14 heavy (non-hydrogen) atoms. The van der Waals surface area contributed by atoms with E-state index in [-0.39, 0.29) is 6.23 Å². The van der Waals surface area contributed by atoms with Crippen LogP contribution in [0.25, 0.3) is 0 Å². The van der Waals surface area contributed by atoms with Crippen molar-refractivity contribution < 1.29 is 9.47 Å². The molecular formula is C11H15NO2. The van der Waals surface area contributed by atoms with Crippen LogP contribution >= 0.6 is 0 Å². The lowest BCUT2D eigenvalue weighted by molar-refractivity contribution is 0.101. The van der Waals surface area contributed by atoms with Crippen LogP contribution in [-0.4, -0.2) is 19.8 Å². The summed E-state index contributed by atoms with van der Waals surface area (Å²) < 4.78 is 10.7. The summed E-state index contributed by atoms with van der Waals surface area (Å²) in [5, 5.41) is 3.34. The van der Waals surface area contributed by atoms with Gasteiger partial charge in [-0.25, -0.2) is 0 Å². The van der Waals surface area contributed by atoms with E-state index >= 15 is 0 Å².